The van der Waals surface area contributed by atoms with Crippen molar-refractivity contribution in [3.05, 3.63) is 42.0 Å². The third kappa shape index (κ3) is 5.10. The maximum atomic E-state index is 13.1. The van der Waals surface area contributed by atoms with Crippen LogP contribution in [-0.2, 0) is 4.79 Å². The summed E-state index contributed by atoms with van der Waals surface area (Å²) in [4.78, 5) is 18.5. The molecule has 1 aliphatic carbocycles. The number of nitrogens with zero attached hydrogens (tertiary/aromatic N) is 1. The van der Waals surface area contributed by atoms with Crippen LogP contribution in [0.15, 0.2) is 36.4 Å². The molecule has 2 aliphatic heterocycles. The van der Waals surface area contributed by atoms with Crippen LogP contribution in [0.2, 0.25) is 0 Å². The third-order valence-corrected chi connectivity index (χ3v) is 7.32. The fourth-order valence-corrected chi connectivity index (χ4v) is 6.33. The molecule has 1 aromatic rings. The molecule has 1 amide bonds. The Bertz CT molecular complexity index is 736. The Labute approximate surface area is 176 Å². The number of piperazine rings is 1. The average molecular weight is 398 g/mol. The molecule has 0 radical (unpaired) electrons. The van der Waals surface area contributed by atoms with Crippen LogP contribution in [0.1, 0.15) is 45.6 Å². The monoisotopic (exact) mass is 397 g/mol. The van der Waals surface area contributed by atoms with E-state index in [4.69, 9.17) is 0 Å². The van der Waals surface area contributed by atoms with Crippen LogP contribution in [0.3, 0.4) is 0 Å². The van der Waals surface area contributed by atoms with Crippen LogP contribution < -0.4 is 9.80 Å². The number of likely N-dealkylation sites (tertiary alicyclic amines) is 1. The molecule has 1 saturated carbocycles. The first-order valence-corrected chi connectivity index (χ1v) is 11.5. The molecule has 2 bridgehead atoms. The van der Waals surface area contributed by atoms with Crippen molar-refractivity contribution < 1.29 is 14.6 Å². The van der Waals surface area contributed by atoms with Crippen molar-refractivity contribution in [2.75, 3.05) is 45.8 Å². The van der Waals surface area contributed by atoms with Gasteiger partial charge in [-0.2, -0.15) is 0 Å². The summed E-state index contributed by atoms with van der Waals surface area (Å²) >= 11 is 0. The van der Waals surface area contributed by atoms with Crippen LogP contribution in [0.4, 0.5) is 0 Å². The van der Waals surface area contributed by atoms with E-state index in [-0.39, 0.29) is 0 Å². The zero-order chi connectivity index (χ0) is 20.5. The van der Waals surface area contributed by atoms with Crippen LogP contribution in [0.5, 0.6) is 0 Å². The molecule has 4 heteroatoms. The highest BCUT2D eigenvalue weighted by atomic mass is 16.2. The van der Waals surface area contributed by atoms with Gasteiger partial charge in [0.15, 0.2) is 6.54 Å². The normalized spacial score (nSPS) is 33.9. The van der Waals surface area contributed by atoms with Gasteiger partial charge in [-0.15, -0.1) is 0 Å². The molecule has 29 heavy (non-hydrogen) atoms. The van der Waals surface area contributed by atoms with Crippen molar-refractivity contribution >= 4 is 12.0 Å². The summed E-state index contributed by atoms with van der Waals surface area (Å²) in [6, 6.07) is 11.0. The predicted molar refractivity (Wildman–Crippen MR) is 118 cm³/mol. The Morgan fingerprint density at radius 2 is 1.76 bits per heavy atom. The minimum Gasteiger partial charge on any atom is -0.334 e. The molecule has 3 aliphatic rings. The lowest BCUT2D eigenvalue weighted by Crippen LogP contribution is -3.28. The van der Waals surface area contributed by atoms with Gasteiger partial charge in [0.1, 0.15) is 26.2 Å². The van der Waals surface area contributed by atoms with Crippen molar-refractivity contribution in [2.45, 2.75) is 46.1 Å². The van der Waals surface area contributed by atoms with Crippen molar-refractivity contribution in [1.82, 2.24) is 4.90 Å². The van der Waals surface area contributed by atoms with E-state index in [1.165, 1.54) is 29.7 Å². The fourth-order valence-electron chi connectivity index (χ4n) is 6.33. The largest absolute Gasteiger partial charge is 0.334 e. The predicted octanol–water partition coefficient (Wildman–Crippen LogP) is 0.910. The molecule has 1 aromatic carbocycles. The molecule has 0 aromatic heterocycles. The van der Waals surface area contributed by atoms with Gasteiger partial charge in [-0.25, -0.2) is 0 Å². The first-order chi connectivity index (χ1) is 13.8. The zero-order valence-electron chi connectivity index (χ0n) is 18.5. The van der Waals surface area contributed by atoms with E-state index in [1.807, 2.05) is 0 Å². The highest BCUT2D eigenvalue weighted by Gasteiger charge is 2.51. The minimum absolute atomic E-state index is 0.339. The zero-order valence-corrected chi connectivity index (χ0v) is 18.5. The Hall–Kier alpha value is -1.65. The number of hydrogen-bond acceptors (Lipinski definition) is 1. The van der Waals surface area contributed by atoms with Crippen molar-refractivity contribution in [2.24, 2.45) is 10.8 Å². The van der Waals surface area contributed by atoms with Gasteiger partial charge in [-0.1, -0.05) is 57.2 Å². The summed E-state index contributed by atoms with van der Waals surface area (Å²) in [6.45, 7) is 14.5. The van der Waals surface area contributed by atoms with Gasteiger partial charge < -0.3 is 14.7 Å². The Balaban J connectivity index is 1.23. The van der Waals surface area contributed by atoms with Crippen LogP contribution in [0, 0.1) is 10.8 Å². The highest BCUT2D eigenvalue weighted by Crippen LogP contribution is 2.52. The molecule has 2 saturated heterocycles. The van der Waals surface area contributed by atoms with E-state index in [0.717, 1.165) is 39.3 Å². The standard InChI is InChI=1S/C25H37N3O/c1-24(2)16-22-17-25(3,19-24)20-28(22)23(29)18-27-14-12-26(13-15-27)11-7-10-21-8-5-4-6-9-21/h4-10,22H,11-20H2,1-3H3/p+2/b10-7+/t22-,25+/m1/s1. The second-order valence-electron chi connectivity index (χ2n) is 10.9. The van der Waals surface area contributed by atoms with E-state index < -0.39 is 0 Å². The number of nitrogens with one attached hydrogen (secondary N) is 2. The minimum atomic E-state index is 0.339. The van der Waals surface area contributed by atoms with Crippen LogP contribution in [0.25, 0.3) is 6.08 Å². The topological polar surface area (TPSA) is 29.2 Å². The molecular formula is C25H39N3O+2. The van der Waals surface area contributed by atoms with Crippen molar-refractivity contribution in [1.29, 1.82) is 0 Å². The van der Waals surface area contributed by atoms with Gasteiger partial charge >= 0.3 is 0 Å². The van der Waals surface area contributed by atoms with Crippen molar-refractivity contribution in [3.8, 4) is 0 Å². The number of carbonyl (C=O) groups is 1. The molecule has 4 rings (SSSR count). The van der Waals surface area contributed by atoms with E-state index in [1.54, 1.807) is 4.90 Å². The summed E-state index contributed by atoms with van der Waals surface area (Å²) in [7, 11) is 0. The number of fused-ring (bicyclic) bond motifs is 2. The quantitative estimate of drug-likeness (QED) is 0.760. The van der Waals surface area contributed by atoms with E-state index >= 15 is 0 Å². The lowest BCUT2D eigenvalue weighted by molar-refractivity contribution is -1.01. The number of benzene rings is 1. The summed E-state index contributed by atoms with van der Waals surface area (Å²) in [5.41, 5.74) is 1.99. The third-order valence-electron chi connectivity index (χ3n) is 7.32. The average Bonchev–Trinajstić information content (AvgIpc) is 2.93. The summed E-state index contributed by atoms with van der Waals surface area (Å²) < 4.78 is 0. The lowest BCUT2D eigenvalue weighted by Gasteiger charge is -2.39. The molecule has 0 spiro atoms. The molecule has 2 atom stereocenters. The van der Waals surface area contributed by atoms with Crippen molar-refractivity contribution in [3.63, 3.8) is 0 Å². The van der Waals surface area contributed by atoms with Gasteiger partial charge in [-0.3, -0.25) is 4.79 Å². The molecule has 4 nitrogen and oxygen atoms in total. The number of carbonyl (C=O) groups excluding carboxylic acids is 1. The Kier molecular flexibility index (Phi) is 5.85. The maximum Gasteiger partial charge on any atom is 0.278 e. The van der Waals surface area contributed by atoms with E-state index in [2.05, 4.69) is 68.2 Å². The Morgan fingerprint density at radius 3 is 2.48 bits per heavy atom. The first-order valence-electron chi connectivity index (χ1n) is 11.5. The van der Waals surface area contributed by atoms with Gasteiger partial charge in [0, 0.05) is 12.6 Å². The maximum absolute atomic E-state index is 13.1. The molecule has 3 fully saturated rings. The van der Waals surface area contributed by atoms with Crippen LogP contribution >= 0.6 is 0 Å². The summed E-state index contributed by atoms with van der Waals surface area (Å²) in [5, 5.41) is 0. The first kappa shape index (κ1) is 20.6. The SMILES string of the molecule is CC1(C)C[C@@H]2C[C@](C)(CN2C(=O)C[NH+]2CC[NH+](C/C=C/c3ccccc3)CC2)C1. The molecule has 0 unspecified atom stereocenters. The van der Waals surface area contributed by atoms with Crippen LogP contribution in [-0.4, -0.2) is 62.7 Å². The molecule has 158 valence electrons. The van der Waals surface area contributed by atoms with Gasteiger partial charge in [-0.05, 0) is 41.7 Å². The second kappa shape index (κ2) is 8.23. The second-order valence-corrected chi connectivity index (χ2v) is 10.9. The highest BCUT2D eigenvalue weighted by molar-refractivity contribution is 5.78. The summed E-state index contributed by atoms with van der Waals surface area (Å²) in [6.07, 6.45) is 8.17. The van der Waals surface area contributed by atoms with E-state index in [0.29, 0.717) is 29.3 Å². The van der Waals surface area contributed by atoms with Gasteiger partial charge in [0.05, 0.1) is 6.54 Å². The van der Waals surface area contributed by atoms with Gasteiger partial charge in [0.2, 0.25) is 0 Å². The lowest BCUT2D eigenvalue weighted by atomic mass is 9.65. The number of rotatable bonds is 5. The number of hydrogen-bond donors (Lipinski definition) is 2. The Morgan fingerprint density at radius 1 is 1.07 bits per heavy atom. The van der Waals surface area contributed by atoms with Gasteiger partial charge in [0.25, 0.3) is 5.91 Å². The molecule has 2 heterocycles. The fraction of sp³-hybridized carbons (Fsp3) is 0.640. The molecule has 2 N–H and O–H groups in total. The number of amides is 1. The molecular weight excluding hydrogens is 358 g/mol. The number of quaternary nitrogens is 2. The van der Waals surface area contributed by atoms with E-state index in [9.17, 15) is 4.79 Å². The summed E-state index contributed by atoms with van der Waals surface area (Å²) in [5.74, 6) is 0.402. The smallest absolute Gasteiger partial charge is 0.278 e.